The average Bonchev–Trinajstić information content (AvgIpc) is 3.35. The van der Waals surface area contributed by atoms with Gasteiger partial charge in [-0.15, -0.1) is 0 Å². The number of esters is 1. The van der Waals surface area contributed by atoms with Gasteiger partial charge in [-0.05, 0) is 66.4 Å². The second kappa shape index (κ2) is 10.3. The highest BCUT2D eigenvalue weighted by molar-refractivity contribution is 5.90. The Morgan fingerprint density at radius 2 is 1.49 bits per heavy atom. The lowest BCUT2D eigenvalue weighted by Crippen LogP contribution is -2.50. The van der Waals surface area contributed by atoms with Crippen molar-refractivity contribution >= 4 is 22.6 Å². The third-order valence-electron chi connectivity index (χ3n) is 7.46. The van der Waals surface area contributed by atoms with Gasteiger partial charge in [-0.1, -0.05) is 72.8 Å². The third kappa shape index (κ3) is 4.65. The number of nitrogens with one attached hydrogen (secondary N) is 1. The van der Waals surface area contributed by atoms with Crippen LogP contribution >= 0.6 is 0 Å². The summed E-state index contributed by atoms with van der Waals surface area (Å²) < 4.78 is 11.2. The van der Waals surface area contributed by atoms with Crippen LogP contribution in [0.5, 0.6) is 5.75 Å². The minimum Gasteiger partial charge on any atom is -0.497 e. The van der Waals surface area contributed by atoms with E-state index >= 15 is 0 Å². The average molecular weight is 517 g/mol. The number of rotatable bonds is 6. The molecule has 2 atom stereocenters. The molecule has 0 saturated heterocycles. The number of aromatic amines is 1. The van der Waals surface area contributed by atoms with Gasteiger partial charge in [0.1, 0.15) is 11.8 Å². The summed E-state index contributed by atoms with van der Waals surface area (Å²) in [7, 11) is 1.67. The Labute approximate surface area is 229 Å². The first kappa shape index (κ1) is 24.8. The molecule has 1 aliphatic heterocycles. The van der Waals surface area contributed by atoms with E-state index in [9.17, 15) is 4.79 Å². The Kier molecular flexibility index (Phi) is 6.57. The first-order chi connectivity index (χ1) is 19.0. The molecular weight excluding hydrogens is 484 g/mol. The first-order valence-corrected chi connectivity index (χ1v) is 13.4. The number of hydrogen-bond acceptors (Lipinski definition) is 4. The van der Waals surface area contributed by atoms with Crippen LogP contribution in [0.15, 0.2) is 103 Å². The summed E-state index contributed by atoms with van der Waals surface area (Å²) >= 11 is 0. The molecule has 1 aromatic heterocycles. The number of fused-ring (bicyclic) bond motifs is 3. The Morgan fingerprint density at radius 1 is 0.846 bits per heavy atom. The topological polar surface area (TPSA) is 54.6 Å². The monoisotopic (exact) mass is 516 g/mol. The van der Waals surface area contributed by atoms with Crippen LogP contribution in [-0.4, -0.2) is 30.2 Å². The number of carbonyl (C=O) groups is 1. The van der Waals surface area contributed by atoms with Gasteiger partial charge >= 0.3 is 5.97 Å². The van der Waals surface area contributed by atoms with Crippen LogP contribution in [0, 0.1) is 0 Å². The number of benzene rings is 4. The summed E-state index contributed by atoms with van der Waals surface area (Å²) in [4.78, 5) is 19.6. The van der Waals surface area contributed by atoms with Crippen molar-refractivity contribution in [2.75, 3.05) is 12.0 Å². The third-order valence-corrected chi connectivity index (χ3v) is 7.46. The molecular formula is C34H32N2O3. The second-order valence-corrected chi connectivity index (χ2v) is 10.3. The predicted octanol–water partition coefficient (Wildman–Crippen LogP) is 7.32. The van der Waals surface area contributed by atoms with Gasteiger partial charge in [-0.3, -0.25) is 0 Å². The molecule has 39 heavy (non-hydrogen) atoms. The molecule has 0 unspecified atom stereocenters. The zero-order chi connectivity index (χ0) is 26.9. The molecule has 0 aliphatic carbocycles. The number of nitrogens with zero attached hydrogens (tertiary/aromatic N) is 1. The number of hydrogen-bond donors (Lipinski definition) is 1. The molecule has 5 nitrogen and oxygen atoms in total. The molecule has 0 fully saturated rings. The Hall–Kier alpha value is -4.51. The number of aromatic nitrogens is 1. The van der Waals surface area contributed by atoms with Gasteiger partial charge in [0.25, 0.3) is 0 Å². The molecule has 196 valence electrons. The van der Waals surface area contributed by atoms with Crippen molar-refractivity contribution in [2.45, 2.75) is 38.5 Å². The maximum atomic E-state index is 13.7. The van der Waals surface area contributed by atoms with E-state index in [1.54, 1.807) is 7.11 Å². The summed E-state index contributed by atoms with van der Waals surface area (Å²) in [6, 6.07) is 34.6. The SMILES string of the molecule is COc1ccc(-c2ccc(N3[C@@H](c4ccccc4)c4[nH]c5ccccc5c4C[C@H]3C(=O)OC(C)C)cc2)cc1. The smallest absolute Gasteiger partial charge is 0.329 e. The zero-order valence-corrected chi connectivity index (χ0v) is 22.4. The fourth-order valence-electron chi connectivity index (χ4n) is 5.69. The van der Waals surface area contributed by atoms with Crippen LogP contribution in [0.3, 0.4) is 0 Å². The molecule has 0 bridgehead atoms. The maximum absolute atomic E-state index is 13.7. The first-order valence-electron chi connectivity index (χ1n) is 13.4. The van der Waals surface area contributed by atoms with Crippen molar-refractivity contribution in [2.24, 2.45) is 0 Å². The second-order valence-electron chi connectivity index (χ2n) is 10.3. The standard InChI is InChI=1S/C34H32N2O3/c1-22(2)39-34(37)31-21-29-28-11-7-8-12-30(28)35-32(29)33(25-9-5-4-6-10-25)36(31)26-17-13-23(14-18-26)24-15-19-27(38-3)20-16-24/h4-20,22,31,33,35H,21H2,1-3H3/t31-,33-/m0/s1. The lowest BCUT2D eigenvalue weighted by atomic mass is 9.87. The maximum Gasteiger partial charge on any atom is 0.329 e. The van der Waals surface area contributed by atoms with Gasteiger partial charge in [0.15, 0.2) is 0 Å². The van der Waals surface area contributed by atoms with E-state index in [0.717, 1.165) is 44.7 Å². The summed E-state index contributed by atoms with van der Waals surface area (Å²) in [6.07, 6.45) is 0.366. The van der Waals surface area contributed by atoms with Crippen molar-refractivity contribution in [1.82, 2.24) is 4.98 Å². The minimum absolute atomic E-state index is 0.182. The highest BCUT2D eigenvalue weighted by Crippen LogP contribution is 2.44. The van der Waals surface area contributed by atoms with E-state index in [0.29, 0.717) is 6.42 Å². The van der Waals surface area contributed by atoms with Gasteiger partial charge in [0, 0.05) is 28.7 Å². The van der Waals surface area contributed by atoms with Gasteiger partial charge in [-0.25, -0.2) is 4.79 Å². The van der Waals surface area contributed by atoms with E-state index in [2.05, 4.69) is 88.7 Å². The summed E-state index contributed by atoms with van der Waals surface area (Å²) in [5.41, 5.74) is 7.67. The van der Waals surface area contributed by atoms with Crippen LogP contribution in [0.1, 0.15) is 36.7 Å². The van der Waals surface area contributed by atoms with Crippen molar-refractivity contribution in [1.29, 1.82) is 0 Å². The fraction of sp³-hybridized carbons (Fsp3) is 0.206. The molecule has 0 saturated carbocycles. The van der Waals surface area contributed by atoms with Crippen molar-refractivity contribution in [3.63, 3.8) is 0 Å². The lowest BCUT2D eigenvalue weighted by molar-refractivity contribution is -0.149. The number of methoxy groups -OCH3 is 1. The molecule has 1 aliphatic rings. The molecule has 4 aromatic carbocycles. The van der Waals surface area contributed by atoms with Crippen LogP contribution in [-0.2, 0) is 16.0 Å². The van der Waals surface area contributed by atoms with Crippen molar-refractivity contribution in [3.8, 4) is 16.9 Å². The highest BCUT2D eigenvalue weighted by atomic mass is 16.5. The Morgan fingerprint density at radius 3 is 2.15 bits per heavy atom. The van der Waals surface area contributed by atoms with E-state index in [-0.39, 0.29) is 18.1 Å². The molecule has 2 heterocycles. The van der Waals surface area contributed by atoms with Gasteiger partial charge in [-0.2, -0.15) is 0 Å². The number of carbonyl (C=O) groups excluding carboxylic acids is 1. The number of H-pyrrole nitrogens is 1. The molecule has 0 radical (unpaired) electrons. The molecule has 0 amide bonds. The summed E-state index contributed by atoms with van der Waals surface area (Å²) in [5.74, 6) is 0.621. The van der Waals surface area contributed by atoms with Gasteiger partial charge in [0.05, 0.1) is 19.3 Å². The van der Waals surface area contributed by atoms with E-state index in [4.69, 9.17) is 9.47 Å². The molecule has 6 rings (SSSR count). The number of anilines is 1. The van der Waals surface area contributed by atoms with Crippen LogP contribution in [0.25, 0.3) is 22.0 Å². The van der Waals surface area contributed by atoms with E-state index in [1.165, 1.54) is 5.56 Å². The minimum atomic E-state index is -0.476. The normalized spacial score (nSPS) is 16.8. The quantitative estimate of drug-likeness (QED) is 0.240. The molecule has 1 N–H and O–H groups in total. The van der Waals surface area contributed by atoms with Gasteiger partial charge in [0.2, 0.25) is 0 Å². The molecule has 5 heteroatoms. The molecule has 0 spiro atoms. The lowest BCUT2D eigenvalue weighted by Gasteiger charge is -2.43. The van der Waals surface area contributed by atoms with Crippen molar-refractivity contribution in [3.05, 3.63) is 120 Å². The van der Waals surface area contributed by atoms with Crippen molar-refractivity contribution < 1.29 is 14.3 Å². The summed E-state index contributed by atoms with van der Waals surface area (Å²) in [5, 5.41) is 1.16. The highest BCUT2D eigenvalue weighted by Gasteiger charge is 2.42. The number of para-hydroxylation sites is 1. The Balaban J connectivity index is 1.49. The van der Waals surface area contributed by atoms with E-state index < -0.39 is 6.04 Å². The van der Waals surface area contributed by atoms with Crippen LogP contribution < -0.4 is 9.64 Å². The van der Waals surface area contributed by atoms with E-state index in [1.807, 2.05) is 38.1 Å². The fourth-order valence-corrected chi connectivity index (χ4v) is 5.69. The molecule has 5 aromatic rings. The zero-order valence-electron chi connectivity index (χ0n) is 22.4. The van der Waals surface area contributed by atoms with Crippen LogP contribution in [0.4, 0.5) is 5.69 Å². The predicted molar refractivity (Wildman–Crippen MR) is 156 cm³/mol. The summed E-state index contributed by atoms with van der Waals surface area (Å²) in [6.45, 7) is 3.81. The number of ether oxygens (including phenoxy) is 2. The van der Waals surface area contributed by atoms with Crippen LogP contribution in [0.2, 0.25) is 0 Å². The van der Waals surface area contributed by atoms with Gasteiger partial charge < -0.3 is 19.4 Å². The largest absolute Gasteiger partial charge is 0.497 e. The Bertz CT molecular complexity index is 1590.